The first kappa shape index (κ1) is 17.0. The fourth-order valence-corrected chi connectivity index (χ4v) is 3.78. The molecule has 0 spiro atoms. The van der Waals surface area contributed by atoms with Crippen LogP contribution < -0.4 is 10.2 Å². The molecule has 1 aliphatic heterocycles. The van der Waals surface area contributed by atoms with E-state index in [2.05, 4.69) is 42.4 Å². The molecule has 1 fully saturated rings. The molecule has 134 valence electrons. The summed E-state index contributed by atoms with van der Waals surface area (Å²) in [6.45, 7) is 3.47. The van der Waals surface area contributed by atoms with Gasteiger partial charge in [-0.25, -0.2) is 0 Å². The van der Waals surface area contributed by atoms with Gasteiger partial charge < -0.3 is 14.7 Å². The van der Waals surface area contributed by atoms with E-state index in [0.29, 0.717) is 11.6 Å². The van der Waals surface area contributed by atoms with Crippen LogP contribution in [-0.4, -0.2) is 29.1 Å². The van der Waals surface area contributed by atoms with Crippen LogP contribution in [0.2, 0.25) is 0 Å². The van der Waals surface area contributed by atoms with E-state index in [4.69, 9.17) is 4.52 Å². The molecule has 3 aromatic rings. The molecule has 1 aromatic carbocycles. The van der Waals surface area contributed by atoms with Crippen LogP contribution in [0.3, 0.4) is 0 Å². The van der Waals surface area contributed by atoms with Gasteiger partial charge in [0.2, 0.25) is 5.91 Å². The Bertz CT molecular complexity index is 948. The standard InChI is InChI=1S/C19H19BrN4O2/c1-12-10-18(23-26-12)22-19(25)13-5-8-24(9-6-13)17-4-7-21-16-3-2-14(20)11-15(16)17/h2-4,7,10-11,13H,5-6,8-9H2,1H3,(H,22,23,25). The van der Waals surface area contributed by atoms with Crippen molar-refractivity contribution >= 4 is 44.2 Å². The zero-order valence-corrected chi connectivity index (χ0v) is 16.0. The smallest absolute Gasteiger partial charge is 0.228 e. The van der Waals surface area contributed by atoms with Gasteiger partial charge in [0.1, 0.15) is 5.76 Å². The first-order valence-corrected chi connectivity index (χ1v) is 9.43. The number of carbonyl (C=O) groups is 1. The van der Waals surface area contributed by atoms with Gasteiger partial charge in [-0.15, -0.1) is 0 Å². The molecule has 0 atom stereocenters. The number of fused-ring (bicyclic) bond motifs is 1. The molecule has 6 nitrogen and oxygen atoms in total. The van der Waals surface area contributed by atoms with Crippen molar-refractivity contribution in [3.8, 4) is 0 Å². The van der Waals surface area contributed by atoms with E-state index in [1.54, 1.807) is 13.0 Å². The van der Waals surface area contributed by atoms with Crippen LogP contribution in [0, 0.1) is 12.8 Å². The Hall–Kier alpha value is -2.41. The minimum atomic E-state index is -0.0110. The number of hydrogen-bond donors (Lipinski definition) is 1. The van der Waals surface area contributed by atoms with Crippen molar-refractivity contribution in [3.63, 3.8) is 0 Å². The lowest BCUT2D eigenvalue weighted by molar-refractivity contribution is -0.120. The van der Waals surface area contributed by atoms with E-state index in [1.807, 2.05) is 24.4 Å². The quantitative estimate of drug-likeness (QED) is 0.696. The molecule has 7 heteroatoms. The Morgan fingerprint density at radius 3 is 2.81 bits per heavy atom. The van der Waals surface area contributed by atoms with Crippen molar-refractivity contribution in [2.24, 2.45) is 5.92 Å². The van der Waals surface area contributed by atoms with Crippen LogP contribution in [0.4, 0.5) is 11.5 Å². The Kier molecular flexibility index (Phi) is 4.63. The second-order valence-electron chi connectivity index (χ2n) is 6.56. The van der Waals surface area contributed by atoms with Crippen LogP contribution in [0.1, 0.15) is 18.6 Å². The third-order valence-corrected chi connectivity index (χ3v) is 5.26. The molecule has 0 radical (unpaired) electrons. The summed E-state index contributed by atoms with van der Waals surface area (Å²) in [5.74, 6) is 1.18. The molecule has 0 saturated carbocycles. The van der Waals surface area contributed by atoms with Crippen molar-refractivity contribution in [2.45, 2.75) is 19.8 Å². The Morgan fingerprint density at radius 2 is 2.08 bits per heavy atom. The molecule has 1 amide bonds. The summed E-state index contributed by atoms with van der Waals surface area (Å²) in [7, 11) is 0. The summed E-state index contributed by atoms with van der Waals surface area (Å²) in [6.07, 6.45) is 3.46. The van der Waals surface area contributed by atoms with Crippen molar-refractivity contribution in [1.82, 2.24) is 10.1 Å². The average molecular weight is 415 g/mol. The molecule has 0 bridgehead atoms. The number of anilines is 2. The number of piperidine rings is 1. The van der Waals surface area contributed by atoms with Crippen LogP contribution in [0.5, 0.6) is 0 Å². The number of pyridine rings is 1. The maximum atomic E-state index is 12.4. The van der Waals surface area contributed by atoms with Gasteiger partial charge in [-0.3, -0.25) is 9.78 Å². The number of hydrogen-bond acceptors (Lipinski definition) is 5. The maximum Gasteiger partial charge on any atom is 0.228 e. The number of halogens is 1. The van der Waals surface area contributed by atoms with Crippen molar-refractivity contribution in [3.05, 3.63) is 46.8 Å². The van der Waals surface area contributed by atoms with E-state index in [0.717, 1.165) is 41.3 Å². The molecule has 26 heavy (non-hydrogen) atoms. The largest absolute Gasteiger partial charge is 0.371 e. The fraction of sp³-hybridized carbons (Fsp3) is 0.316. The van der Waals surface area contributed by atoms with Gasteiger partial charge in [-0.2, -0.15) is 0 Å². The third-order valence-electron chi connectivity index (χ3n) is 4.77. The molecular formula is C19H19BrN4O2. The van der Waals surface area contributed by atoms with Gasteiger partial charge in [-0.05, 0) is 44.0 Å². The first-order valence-electron chi connectivity index (χ1n) is 8.63. The molecule has 0 unspecified atom stereocenters. The summed E-state index contributed by atoms with van der Waals surface area (Å²) < 4.78 is 6.03. The highest BCUT2D eigenvalue weighted by atomic mass is 79.9. The number of benzene rings is 1. The topological polar surface area (TPSA) is 71.3 Å². The van der Waals surface area contributed by atoms with E-state index < -0.39 is 0 Å². The number of amides is 1. The lowest BCUT2D eigenvalue weighted by Gasteiger charge is -2.33. The third kappa shape index (κ3) is 3.44. The minimum absolute atomic E-state index is 0.0110. The molecule has 2 aromatic heterocycles. The Labute approximate surface area is 159 Å². The maximum absolute atomic E-state index is 12.4. The number of aryl methyl sites for hydroxylation is 1. The fourth-order valence-electron chi connectivity index (χ4n) is 3.42. The highest BCUT2D eigenvalue weighted by Gasteiger charge is 2.26. The van der Waals surface area contributed by atoms with Crippen LogP contribution in [0.15, 0.2) is 45.5 Å². The molecule has 3 heterocycles. The van der Waals surface area contributed by atoms with Crippen LogP contribution in [0.25, 0.3) is 10.9 Å². The summed E-state index contributed by atoms with van der Waals surface area (Å²) in [4.78, 5) is 19.2. The molecule has 0 aliphatic carbocycles. The molecule has 1 saturated heterocycles. The number of carbonyl (C=O) groups excluding carboxylic acids is 1. The lowest BCUT2D eigenvalue weighted by Crippen LogP contribution is -2.38. The predicted octanol–water partition coefficient (Wildman–Crippen LogP) is 4.15. The second-order valence-corrected chi connectivity index (χ2v) is 7.48. The summed E-state index contributed by atoms with van der Waals surface area (Å²) >= 11 is 3.54. The highest BCUT2D eigenvalue weighted by Crippen LogP contribution is 2.31. The van der Waals surface area contributed by atoms with E-state index in [9.17, 15) is 4.79 Å². The monoisotopic (exact) mass is 414 g/mol. The average Bonchev–Trinajstić information content (AvgIpc) is 3.06. The van der Waals surface area contributed by atoms with E-state index in [-0.39, 0.29) is 11.8 Å². The van der Waals surface area contributed by atoms with Crippen LogP contribution >= 0.6 is 15.9 Å². The van der Waals surface area contributed by atoms with Crippen LogP contribution in [-0.2, 0) is 4.79 Å². The number of nitrogens with zero attached hydrogens (tertiary/aromatic N) is 3. The summed E-state index contributed by atoms with van der Waals surface area (Å²) in [6, 6.07) is 9.90. The lowest BCUT2D eigenvalue weighted by atomic mass is 9.95. The summed E-state index contributed by atoms with van der Waals surface area (Å²) in [5.41, 5.74) is 2.15. The minimum Gasteiger partial charge on any atom is -0.371 e. The zero-order chi connectivity index (χ0) is 18.1. The molecule has 4 rings (SSSR count). The number of nitrogens with one attached hydrogen (secondary N) is 1. The zero-order valence-electron chi connectivity index (χ0n) is 14.4. The molecule has 1 N–H and O–H groups in total. The van der Waals surface area contributed by atoms with Crippen molar-refractivity contribution < 1.29 is 9.32 Å². The first-order chi connectivity index (χ1) is 12.6. The van der Waals surface area contributed by atoms with Crippen molar-refractivity contribution in [1.29, 1.82) is 0 Å². The Morgan fingerprint density at radius 1 is 1.27 bits per heavy atom. The van der Waals surface area contributed by atoms with E-state index >= 15 is 0 Å². The van der Waals surface area contributed by atoms with Gasteiger partial charge in [0, 0.05) is 46.8 Å². The summed E-state index contributed by atoms with van der Waals surface area (Å²) in [5, 5.41) is 7.80. The molecular weight excluding hydrogens is 396 g/mol. The van der Waals surface area contributed by atoms with Gasteiger partial charge in [0.25, 0.3) is 0 Å². The highest BCUT2D eigenvalue weighted by molar-refractivity contribution is 9.10. The van der Waals surface area contributed by atoms with Gasteiger partial charge >= 0.3 is 0 Å². The normalized spacial score (nSPS) is 15.4. The Balaban J connectivity index is 1.45. The second kappa shape index (κ2) is 7.07. The predicted molar refractivity (Wildman–Crippen MR) is 104 cm³/mol. The van der Waals surface area contributed by atoms with Gasteiger partial charge in [-0.1, -0.05) is 21.1 Å². The van der Waals surface area contributed by atoms with Gasteiger partial charge in [0.05, 0.1) is 5.52 Å². The number of aromatic nitrogens is 2. The van der Waals surface area contributed by atoms with Crippen molar-refractivity contribution in [2.75, 3.05) is 23.3 Å². The number of rotatable bonds is 3. The van der Waals surface area contributed by atoms with E-state index in [1.165, 1.54) is 5.69 Å². The molecule has 1 aliphatic rings. The SMILES string of the molecule is Cc1cc(NC(=O)C2CCN(c3ccnc4ccc(Br)cc34)CC2)no1. The van der Waals surface area contributed by atoms with Gasteiger partial charge in [0.15, 0.2) is 5.82 Å².